The Hall–Kier alpha value is -2.03. The van der Waals surface area contributed by atoms with Crippen LogP contribution < -0.4 is 5.73 Å². The van der Waals surface area contributed by atoms with Crippen molar-refractivity contribution in [3.8, 4) is 11.6 Å². The first-order chi connectivity index (χ1) is 11.9. The summed E-state index contributed by atoms with van der Waals surface area (Å²) in [6.07, 6.45) is 2.94. The van der Waals surface area contributed by atoms with Crippen molar-refractivity contribution in [1.29, 1.82) is 0 Å². The standard InChI is InChI=1S/C16H18F3N5O/c17-16(18,19)10-7-21-11(22-8-10)12-23-13(25-24-12)15-4-1-14(9-20,2-5-15)3-6-15/h7-8H,1-6,9,20H2. The van der Waals surface area contributed by atoms with Gasteiger partial charge in [0.1, 0.15) is 0 Å². The predicted octanol–water partition coefficient (Wildman–Crippen LogP) is 3.10. The van der Waals surface area contributed by atoms with Gasteiger partial charge in [-0.1, -0.05) is 5.16 Å². The van der Waals surface area contributed by atoms with Crippen LogP contribution >= 0.6 is 0 Å². The van der Waals surface area contributed by atoms with Crippen LogP contribution in [0.25, 0.3) is 11.6 Å². The van der Waals surface area contributed by atoms with E-state index in [1.54, 1.807) is 0 Å². The van der Waals surface area contributed by atoms with Crippen LogP contribution in [0, 0.1) is 5.41 Å². The molecule has 25 heavy (non-hydrogen) atoms. The van der Waals surface area contributed by atoms with E-state index in [1.807, 2.05) is 0 Å². The van der Waals surface area contributed by atoms with E-state index in [-0.39, 0.29) is 22.5 Å². The van der Waals surface area contributed by atoms with Gasteiger partial charge in [-0.3, -0.25) is 0 Å². The SMILES string of the molecule is NCC12CCC(c3nc(-c4ncc(C(F)(F)F)cn4)no3)(CC1)CC2. The van der Waals surface area contributed by atoms with Crippen LogP contribution in [0.1, 0.15) is 50.0 Å². The number of nitrogens with two attached hydrogens (primary N) is 1. The van der Waals surface area contributed by atoms with Crippen molar-refractivity contribution in [3.05, 3.63) is 23.8 Å². The van der Waals surface area contributed by atoms with Gasteiger partial charge in [0.05, 0.1) is 5.56 Å². The fraction of sp³-hybridized carbons (Fsp3) is 0.625. The molecule has 2 bridgehead atoms. The second kappa shape index (κ2) is 5.48. The van der Waals surface area contributed by atoms with Gasteiger partial charge >= 0.3 is 6.18 Å². The van der Waals surface area contributed by atoms with Crippen molar-refractivity contribution < 1.29 is 17.7 Å². The Kier molecular flexibility index (Phi) is 3.61. The van der Waals surface area contributed by atoms with E-state index in [9.17, 15) is 13.2 Å². The highest BCUT2D eigenvalue weighted by molar-refractivity contribution is 5.41. The summed E-state index contributed by atoms with van der Waals surface area (Å²) in [6, 6.07) is 0. The van der Waals surface area contributed by atoms with Crippen molar-refractivity contribution in [3.63, 3.8) is 0 Å². The Morgan fingerprint density at radius 3 is 2.12 bits per heavy atom. The number of aromatic nitrogens is 4. The van der Waals surface area contributed by atoms with Gasteiger partial charge in [0.25, 0.3) is 0 Å². The van der Waals surface area contributed by atoms with E-state index >= 15 is 0 Å². The van der Waals surface area contributed by atoms with Crippen LogP contribution in [0.2, 0.25) is 0 Å². The van der Waals surface area contributed by atoms with E-state index in [2.05, 4.69) is 20.1 Å². The molecule has 0 saturated heterocycles. The number of hydrogen-bond donors (Lipinski definition) is 1. The lowest BCUT2D eigenvalue weighted by atomic mass is 9.53. The van der Waals surface area contributed by atoms with Crippen LogP contribution in [0.5, 0.6) is 0 Å². The smallest absolute Gasteiger partial charge is 0.338 e. The molecule has 0 unspecified atom stereocenters. The quantitative estimate of drug-likeness (QED) is 0.912. The molecule has 2 N–H and O–H groups in total. The first kappa shape index (κ1) is 16.4. The molecule has 2 heterocycles. The van der Waals surface area contributed by atoms with E-state index in [0.29, 0.717) is 12.4 Å². The second-order valence-electron chi connectivity index (χ2n) is 7.20. The fourth-order valence-corrected chi connectivity index (χ4v) is 4.01. The molecule has 0 amide bonds. The number of fused-ring (bicyclic) bond motifs is 3. The highest BCUT2D eigenvalue weighted by Crippen LogP contribution is 2.57. The van der Waals surface area contributed by atoms with E-state index in [4.69, 9.17) is 10.3 Å². The highest BCUT2D eigenvalue weighted by atomic mass is 19.4. The molecule has 0 spiro atoms. The molecule has 0 radical (unpaired) electrons. The normalized spacial score (nSPS) is 29.1. The van der Waals surface area contributed by atoms with Gasteiger partial charge in [0.2, 0.25) is 17.5 Å². The average Bonchev–Trinajstić information content (AvgIpc) is 3.14. The second-order valence-corrected chi connectivity index (χ2v) is 7.20. The molecule has 3 aliphatic carbocycles. The number of alkyl halides is 3. The Balaban J connectivity index is 1.57. The minimum atomic E-state index is -4.47. The lowest BCUT2D eigenvalue weighted by Crippen LogP contribution is -2.47. The Morgan fingerprint density at radius 1 is 1.00 bits per heavy atom. The van der Waals surface area contributed by atoms with Crippen LogP contribution in [-0.2, 0) is 11.6 Å². The van der Waals surface area contributed by atoms with E-state index in [0.717, 1.165) is 50.9 Å². The number of halogens is 3. The molecule has 3 fully saturated rings. The molecule has 0 aromatic carbocycles. The Morgan fingerprint density at radius 2 is 1.60 bits per heavy atom. The monoisotopic (exact) mass is 353 g/mol. The summed E-state index contributed by atoms with van der Waals surface area (Å²) < 4.78 is 43.2. The van der Waals surface area contributed by atoms with Crippen LogP contribution in [0.4, 0.5) is 13.2 Å². The molecule has 9 heteroatoms. The maximum absolute atomic E-state index is 12.6. The van der Waals surface area contributed by atoms with Gasteiger partial charge in [-0.15, -0.1) is 0 Å². The molecule has 5 rings (SSSR count). The summed E-state index contributed by atoms with van der Waals surface area (Å²) in [5.41, 5.74) is 5.13. The summed E-state index contributed by atoms with van der Waals surface area (Å²) in [6.45, 7) is 0.706. The third-order valence-electron chi connectivity index (χ3n) is 5.89. The van der Waals surface area contributed by atoms with E-state index < -0.39 is 11.7 Å². The van der Waals surface area contributed by atoms with Crippen LogP contribution in [-0.4, -0.2) is 26.7 Å². The largest absolute Gasteiger partial charge is 0.419 e. The molecule has 0 aliphatic heterocycles. The zero-order chi connectivity index (χ0) is 17.7. The molecular formula is C16H18F3N5O. The van der Waals surface area contributed by atoms with Crippen molar-refractivity contribution >= 4 is 0 Å². The molecule has 0 atom stereocenters. The van der Waals surface area contributed by atoms with E-state index in [1.165, 1.54) is 0 Å². The van der Waals surface area contributed by atoms with Crippen LogP contribution in [0.3, 0.4) is 0 Å². The van der Waals surface area contributed by atoms with Gasteiger partial charge in [-0.25, -0.2) is 9.97 Å². The zero-order valence-electron chi connectivity index (χ0n) is 13.5. The maximum Gasteiger partial charge on any atom is 0.419 e. The fourth-order valence-electron chi connectivity index (χ4n) is 4.01. The molecule has 2 aromatic rings. The maximum atomic E-state index is 12.6. The van der Waals surface area contributed by atoms with Gasteiger partial charge in [0.15, 0.2) is 0 Å². The minimum absolute atomic E-state index is 0.0299. The lowest BCUT2D eigenvalue weighted by molar-refractivity contribution is -0.138. The van der Waals surface area contributed by atoms with Gasteiger partial charge in [-0.2, -0.15) is 18.2 Å². The molecule has 3 saturated carbocycles. The molecule has 3 aliphatic rings. The van der Waals surface area contributed by atoms with Gasteiger partial charge in [0, 0.05) is 17.8 Å². The summed E-state index contributed by atoms with van der Waals surface area (Å²) in [7, 11) is 0. The van der Waals surface area contributed by atoms with Gasteiger partial charge in [-0.05, 0) is 50.5 Å². The zero-order valence-corrected chi connectivity index (χ0v) is 13.5. The first-order valence-corrected chi connectivity index (χ1v) is 8.30. The van der Waals surface area contributed by atoms with Gasteiger partial charge < -0.3 is 10.3 Å². The topological polar surface area (TPSA) is 90.7 Å². The summed E-state index contributed by atoms with van der Waals surface area (Å²) in [5, 5.41) is 3.88. The number of nitrogens with zero attached hydrogens (tertiary/aromatic N) is 4. The van der Waals surface area contributed by atoms with Crippen molar-refractivity contribution in [1.82, 2.24) is 20.1 Å². The van der Waals surface area contributed by atoms with Crippen molar-refractivity contribution in [2.24, 2.45) is 11.1 Å². The number of hydrogen-bond acceptors (Lipinski definition) is 6. The summed E-state index contributed by atoms with van der Waals surface area (Å²) in [5.74, 6) is 0.693. The minimum Gasteiger partial charge on any atom is -0.338 e. The summed E-state index contributed by atoms with van der Waals surface area (Å²) >= 11 is 0. The average molecular weight is 353 g/mol. The summed E-state index contributed by atoms with van der Waals surface area (Å²) in [4.78, 5) is 11.8. The van der Waals surface area contributed by atoms with Crippen molar-refractivity contribution in [2.75, 3.05) is 6.54 Å². The Labute approximate surface area is 142 Å². The third-order valence-corrected chi connectivity index (χ3v) is 5.89. The first-order valence-electron chi connectivity index (χ1n) is 8.30. The number of rotatable bonds is 3. The molecule has 134 valence electrons. The molecule has 6 nitrogen and oxygen atoms in total. The lowest BCUT2D eigenvalue weighted by Gasteiger charge is -2.51. The van der Waals surface area contributed by atoms with Crippen LogP contribution in [0.15, 0.2) is 16.9 Å². The van der Waals surface area contributed by atoms with Crippen molar-refractivity contribution in [2.45, 2.75) is 50.1 Å². The predicted molar refractivity (Wildman–Crippen MR) is 81.2 cm³/mol. The third kappa shape index (κ3) is 2.70. The molecular weight excluding hydrogens is 335 g/mol. The molecule has 2 aromatic heterocycles. The highest BCUT2D eigenvalue weighted by Gasteiger charge is 2.51. The Bertz CT molecular complexity index is 746.